The molecule has 0 aliphatic carbocycles. The minimum Gasteiger partial charge on any atom is -0.481 e. The lowest BCUT2D eigenvalue weighted by Crippen LogP contribution is -2.35. The Kier molecular flexibility index (Phi) is 4.58. The summed E-state index contributed by atoms with van der Waals surface area (Å²) in [6.45, 7) is -2.35. The van der Waals surface area contributed by atoms with E-state index in [0.717, 1.165) is 16.4 Å². The van der Waals surface area contributed by atoms with Crippen molar-refractivity contribution in [2.24, 2.45) is 5.41 Å². The van der Waals surface area contributed by atoms with Gasteiger partial charge in [-0.25, -0.2) is 12.8 Å². The molecule has 1 aliphatic rings. The molecular formula is C13H14F3NO5S. The van der Waals surface area contributed by atoms with Crippen molar-refractivity contribution >= 4 is 16.0 Å². The highest BCUT2D eigenvalue weighted by molar-refractivity contribution is 7.89. The second kappa shape index (κ2) is 6.00. The van der Waals surface area contributed by atoms with Crippen molar-refractivity contribution in [2.75, 3.05) is 13.1 Å². The number of halogens is 3. The first kappa shape index (κ1) is 17.5. The maximum atomic E-state index is 13.4. The Morgan fingerprint density at radius 1 is 1.43 bits per heavy atom. The quantitative estimate of drug-likeness (QED) is 0.874. The Bertz CT molecular complexity index is 724. The van der Waals surface area contributed by atoms with Crippen LogP contribution in [0.15, 0.2) is 23.1 Å². The van der Waals surface area contributed by atoms with Crippen LogP contribution in [0.3, 0.4) is 0 Å². The first-order valence-electron chi connectivity index (χ1n) is 6.54. The van der Waals surface area contributed by atoms with Crippen molar-refractivity contribution in [1.29, 1.82) is 0 Å². The van der Waals surface area contributed by atoms with Gasteiger partial charge in [-0.1, -0.05) is 0 Å². The highest BCUT2D eigenvalue weighted by atomic mass is 32.2. The Morgan fingerprint density at radius 3 is 2.61 bits per heavy atom. The fourth-order valence-corrected chi connectivity index (χ4v) is 4.01. The molecule has 1 aromatic rings. The van der Waals surface area contributed by atoms with Crippen LogP contribution in [0, 0.1) is 11.2 Å². The van der Waals surface area contributed by atoms with E-state index in [1.54, 1.807) is 0 Å². The van der Waals surface area contributed by atoms with Gasteiger partial charge in [-0.3, -0.25) is 4.79 Å². The number of sulfonamides is 1. The third kappa shape index (κ3) is 3.42. The lowest BCUT2D eigenvalue weighted by Gasteiger charge is -2.21. The summed E-state index contributed by atoms with van der Waals surface area (Å²) in [5.41, 5.74) is -1.29. The van der Waals surface area contributed by atoms with Gasteiger partial charge in [0.15, 0.2) is 0 Å². The van der Waals surface area contributed by atoms with Gasteiger partial charge in [-0.2, -0.15) is 13.1 Å². The van der Waals surface area contributed by atoms with Gasteiger partial charge in [0, 0.05) is 13.1 Å². The second-order valence-corrected chi connectivity index (χ2v) is 7.33. The molecule has 6 nitrogen and oxygen atoms in total. The molecule has 0 spiro atoms. The van der Waals surface area contributed by atoms with Gasteiger partial charge in [-0.05, 0) is 31.5 Å². The van der Waals surface area contributed by atoms with Gasteiger partial charge in [0.1, 0.15) is 16.5 Å². The molecule has 2 rings (SSSR count). The smallest absolute Gasteiger partial charge is 0.387 e. The van der Waals surface area contributed by atoms with Crippen molar-refractivity contribution in [3.8, 4) is 5.75 Å². The fraction of sp³-hybridized carbons (Fsp3) is 0.462. The molecule has 1 N–H and O–H groups in total. The predicted octanol–water partition coefficient (Wildman–Crippen LogP) is 1.91. The van der Waals surface area contributed by atoms with Gasteiger partial charge >= 0.3 is 12.6 Å². The number of alkyl halides is 2. The molecule has 0 radical (unpaired) electrons. The molecule has 1 aromatic carbocycles. The van der Waals surface area contributed by atoms with E-state index in [9.17, 15) is 26.4 Å². The Labute approximate surface area is 130 Å². The Balaban J connectivity index is 2.41. The Morgan fingerprint density at radius 2 is 2.09 bits per heavy atom. The molecule has 0 aromatic heterocycles. The summed E-state index contributed by atoms with van der Waals surface area (Å²) in [4.78, 5) is 10.4. The zero-order valence-electron chi connectivity index (χ0n) is 12.0. The largest absolute Gasteiger partial charge is 0.481 e. The number of hydrogen-bond acceptors (Lipinski definition) is 4. The molecule has 128 valence electrons. The highest BCUT2D eigenvalue weighted by Crippen LogP contribution is 2.36. The van der Waals surface area contributed by atoms with Gasteiger partial charge in [-0.15, -0.1) is 0 Å². The molecule has 1 unspecified atom stereocenters. The Hall–Kier alpha value is -1.81. The minimum atomic E-state index is -4.37. The van der Waals surface area contributed by atoms with Crippen molar-refractivity contribution in [3.05, 3.63) is 24.0 Å². The average molecular weight is 353 g/mol. The summed E-state index contributed by atoms with van der Waals surface area (Å²) in [6, 6.07) is 2.16. The van der Waals surface area contributed by atoms with Crippen LogP contribution in [0.25, 0.3) is 0 Å². The molecule has 0 saturated carbocycles. The van der Waals surface area contributed by atoms with Gasteiger partial charge in [0.25, 0.3) is 0 Å². The number of carbonyl (C=O) groups is 1. The van der Waals surface area contributed by atoms with Crippen LogP contribution in [0.5, 0.6) is 5.75 Å². The average Bonchev–Trinajstić information content (AvgIpc) is 2.85. The maximum absolute atomic E-state index is 13.4. The van der Waals surface area contributed by atoms with Gasteiger partial charge in [0.2, 0.25) is 10.0 Å². The lowest BCUT2D eigenvalue weighted by molar-refractivity contribution is -0.146. The minimum absolute atomic E-state index is 0.0575. The third-order valence-electron chi connectivity index (χ3n) is 3.69. The van der Waals surface area contributed by atoms with Crippen molar-refractivity contribution in [1.82, 2.24) is 4.31 Å². The predicted molar refractivity (Wildman–Crippen MR) is 72.2 cm³/mol. The van der Waals surface area contributed by atoms with E-state index in [0.29, 0.717) is 6.07 Å². The van der Waals surface area contributed by atoms with E-state index in [2.05, 4.69) is 4.74 Å². The van der Waals surface area contributed by atoms with Crippen LogP contribution >= 0.6 is 0 Å². The summed E-state index contributed by atoms with van der Waals surface area (Å²) >= 11 is 0. The second-order valence-electron chi connectivity index (χ2n) is 5.42. The van der Waals surface area contributed by atoms with E-state index < -0.39 is 44.5 Å². The molecule has 1 heterocycles. The van der Waals surface area contributed by atoms with Crippen molar-refractivity contribution < 1.29 is 36.2 Å². The topological polar surface area (TPSA) is 83.9 Å². The molecule has 1 saturated heterocycles. The summed E-state index contributed by atoms with van der Waals surface area (Å²) in [5.74, 6) is -2.80. The van der Waals surface area contributed by atoms with E-state index >= 15 is 0 Å². The molecule has 0 amide bonds. The van der Waals surface area contributed by atoms with Crippen molar-refractivity contribution in [2.45, 2.75) is 24.9 Å². The summed E-state index contributed by atoms with van der Waals surface area (Å²) in [6.07, 6.45) is 0.0575. The molecule has 1 aliphatic heterocycles. The van der Waals surface area contributed by atoms with E-state index in [-0.39, 0.29) is 19.5 Å². The number of hydrogen-bond donors (Lipinski definition) is 1. The van der Waals surface area contributed by atoms with E-state index in [4.69, 9.17) is 5.11 Å². The van der Waals surface area contributed by atoms with Crippen LogP contribution in [0.4, 0.5) is 13.2 Å². The van der Waals surface area contributed by atoms with Crippen LogP contribution in [0.2, 0.25) is 0 Å². The van der Waals surface area contributed by atoms with Crippen LogP contribution in [-0.2, 0) is 14.8 Å². The fourth-order valence-electron chi connectivity index (χ4n) is 2.31. The van der Waals surface area contributed by atoms with Crippen LogP contribution < -0.4 is 4.74 Å². The first-order valence-corrected chi connectivity index (χ1v) is 7.98. The molecule has 1 fully saturated rings. The third-order valence-corrected chi connectivity index (χ3v) is 5.56. The molecule has 0 bridgehead atoms. The standard InChI is InChI=1S/C13H14F3NO5S/c1-13(11(18)19)4-5-17(7-13)23(20,21)10-6-8(14)2-3-9(10)22-12(15)16/h2-3,6,12H,4-5,7H2,1H3,(H,18,19). The first-order chi connectivity index (χ1) is 10.6. The van der Waals surface area contributed by atoms with Crippen LogP contribution in [-0.4, -0.2) is 43.5 Å². The lowest BCUT2D eigenvalue weighted by atomic mass is 9.90. The van der Waals surface area contributed by atoms with Gasteiger partial charge in [0.05, 0.1) is 5.41 Å². The summed E-state index contributed by atoms with van der Waals surface area (Å²) in [7, 11) is -4.37. The van der Waals surface area contributed by atoms with Crippen LogP contribution in [0.1, 0.15) is 13.3 Å². The number of carboxylic acid groups (broad SMARTS) is 1. The number of ether oxygens (including phenoxy) is 1. The number of nitrogens with zero attached hydrogens (tertiary/aromatic N) is 1. The molecular weight excluding hydrogens is 339 g/mol. The normalized spacial score (nSPS) is 22.5. The van der Waals surface area contributed by atoms with Crippen molar-refractivity contribution in [3.63, 3.8) is 0 Å². The molecule has 23 heavy (non-hydrogen) atoms. The number of benzene rings is 1. The molecule has 10 heteroatoms. The maximum Gasteiger partial charge on any atom is 0.387 e. The summed E-state index contributed by atoms with van der Waals surface area (Å²) in [5, 5.41) is 9.14. The zero-order chi connectivity index (χ0) is 17.4. The summed E-state index contributed by atoms with van der Waals surface area (Å²) < 4.78 is 68.2. The monoisotopic (exact) mass is 353 g/mol. The zero-order valence-corrected chi connectivity index (χ0v) is 12.8. The van der Waals surface area contributed by atoms with E-state index in [1.165, 1.54) is 6.92 Å². The number of aliphatic carboxylic acids is 1. The number of rotatable bonds is 5. The van der Waals surface area contributed by atoms with Gasteiger partial charge < -0.3 is 9.84 Å². The molecule has 1 atom stereocenters. The highest BCUT2D eigenvalue weighted by Gasteiger charge is 2.45. The number of carboxylic acids is 1. The van der Waals surface area contributed by atoms with E-state index in [1.807, 2.05) is 0 Å². The SMILES string of the molecule is CC1(C(=O)O)CCN(S(=O)(=O)c2cc(F)ccc2OC(F)F)C1.